The zero-order valence-electron chi connectivity index (χ0n) is 11.4. The van der Waals surface area contributed by atoms with Crippen molar-refractivity contribution >= 4 is 17.9 Å². The van der Waals surface area contributed by atoms with Gasteiger partial charge in [0.05, 0.1) is 17.7 Å². The van der Waals surface area contributed by atoms with E-state index in [-0.39, 0.29) is 11.6 Å². The summed E-state index contributed by atoms with van der Waals surface area (Å²) in [4.78, 5) is 10.8. The van der Waals surface area contributed by atoms with Crippen LogP contribution in [0.25, 0.3) is 0 Å². The molecule has 0 saturated carbocycles. The third-order valence-corrected chi connectivity index (χ3v) is 3.47. The van der Waals surface area contributed by atoms with E-state index in [1.807, 2.05) is 13.8 Å². The molecule has 1 N–H and O–H groups in total. The van der Waals surface area contributed by atoms with Crippen molar-refractivity contribution in [3.05, 3.63) is 22.7 Å². The molecular formula is C14H19ClO4. The second kappa shape index (κ2) is 6.78. The second-order valence-corrected chi connectivity index (χ2v) is 4.78. The molecule has 106 valence electrons. The monoisotopic (exact) mass is 286 g/mol. The SMILES string of the molecule is CCC(O)(CC)COc1c(Cl)cc(C=O)cc1OC. The van der Waals surface area contributed by atoms with E-state index in [4.69, 9.17) is 21.1 Å². The quantitative estimate of drug-likeness (QED) is 0.783. The number of methoxy groups -OCH3 is 1. The van der Waals surface area contributed by atoms with E-state index in [2.05, 4.69) is 0 Å². The number of benzene rings is 1. The largest absolute Gasteiger partial charge is 0.493 e. The summed E-state index contributed by atoms with van der Waals surface area (Å²) < 4.78 is 10.7. The van der Waals surface area contributed by atoms with Crippen LogP contribution in [0.2, 0.25) is 5.02 Å². The van der Waals surface area contributed by atoms with Crippen molar-refractivity contribution in [2.75, 3.05) is 13.7 Å². The lowest BCUT2D eigenvalue weighted by molar-refractivity contribution is -0.0119. The molecule has 5 heteroatoms. The number of rotatable bonds is 7. The van der Waals surface area contributed by atoms with Crippen LogP contribution in [0.3, 0.4) is 0 Å². The molecule has 0 aromatic heterocycles. The number of ether oxygens (including phenoxy) is 2. The van der Waals surface area contributed by atoms with Crippen LogP contribution >= 0.6 is 11.6 Å². The highest BCUT2D eigenvalue weighted by molar-refractivity contribution is 6.32. The number of carbonyl (C=O) groups excluding carboxylic acids is 1. The first-order valence-corrected chi connectivity index (χ1v) is 6.55. The molecule has 0 fully saturated rings. The fraction of sp³-hybridized carbons (Fsp3) is 0.500. The minimum atomic E-state index is -0.891. The molecule has 0 bridgehead atoms. The van der Waals surface area contributed by atoms with Gasteiger partial charge in [0.15, 0.2) is 11.5 Å². The third-order valence-electron chi connectivity index (χ3n) is 3.19. The Kier molecular flexibility index (Phi) is 5.63. The molecule has 0 spiro atoms. The fourth-order valence-corrected chi connectivity index (χ4v) is 1.88. The highest BCUT2D eigenvalue weighted by atomic mass is 35.5. The van der Waals surface area contributed by atoms with Crippen LogP contribution in [-0.2, 0) is 0 Å². The van der Waals surface area contributed by atoms with Crippen molar-refractivity contribution in [3.63, 3.8) is 0 Å². The van der Waals surface area contributed by atoms with Crippen molar-refractivity contribution in [3.8, 4) is 11.5 Å². The predicted molar refractivity (Wildman–Crippen MR) is 74.4 cm³/mol. The Balaban J connectivity index is 2.97. The number of halogens is 1. The third kappa shape index (κ3) is 3.85. The van der Waals surface area contributed by atoms with E-state index in [1.165, 1.54) is 13.2 Å². The van der Waals surface area contributed by atoms with Crippen molar-refractivity contribution in [1.82, 2.24) is 0 Å². The highest BCUT2D eigenvalue weighted by Gasteiger charge is 2.24. The zero-order chi connectivity index (χ0) is 14.5. The smallest absolute Gasteiger partial charge is 0.179 e. The van der Waals surface area contributed by atoms with Gasteiger partial charge in [0.2, 0.25) is 0 Å². The van der Waals surface area contributed by atoms with Crippen molar-refractivity contribution in [2.45, 2.75) is 32.3 Å². The molecule has 0 heterocycles. The maximum atomic E-state index is 10.8. The van der Waals surface area contributed by atoms with Gasteiger partial charge in [-0.1, -0.05) is 25.4 Å². The molecular weight excluding hydrogens is 268 g/mol. The van der Waals surface area contributed by atoms with E-state index in [0.29, 0.717) is 36.2 Å². The van der Waals surface area contributed by atoms with Gasteiger partial charge in [-0.15, -0.1) is 0 Å². The molecule has 4 nitrogen and oxygen atoms in total. The van der Waals surface area contributed by atoms with Crippen LogP contribution in [0.5, 0.6) is 11.5 Å². The second-order valence-electron chi connectivity index (χ2n) is 4.37. The van der Waals surface area contributed by atoms with Gasteiger partial charge in [-0.05, 0) is 25.0 Å². The summed E-state index contributed by atoms with van der Waals surface area (Å²) in [7, 11) is 1.47. The Bertz CT molecular complexity index is 441. The van der Waals surface area contributed by atoms with Crippen LogP contribution in [0.4, 0.5) is 0 Å². The fourth-order valence-electron chi connectivity index (χ4n) is 1.61. The first kappa shape index (κ1) is 15.8. The summed E-state index contributed by atoms with van der Waals surface area (Å²) in [6.45, 7) is 3.90. The molecule has 0 atom stereocenters. The normalized spacial score (nSPS) is 11.2. The lowest BCUT2D eigenvalue weighted by Gasteiger charge is -2.26. The first-order chi connectivity index (χ1) is 8.99. The molecule has 0 unspecified atom stereocenters. The van der Waals surface area contributed by atoms with Gasteiger partial charge in [-0.25, -0.2) is 0 Å². The molecule has 1 rings (SSSR count). The molecule has 1 aromatic rings. The predicted octanol–water partition coefficient (Wildman–Crippen LogP) is 3.09. The lowest BCUT2D eigenvalue weighted by Crippen LogP contribution is -2.34. The number of hydrogen-bond donors (Lipinski definition) is 1. The van der Waals surface area contributed by atoms with Crippen molar-refractivity contribution in [2.24, 2.45) is 0 Å². The molecule has 0 amide bonds. The van der Waals surface area contributed by atoms with E-state index in [0.717, 1.165) is 0 Å². The summed E-state index contributed by atoms with van der Waals surface area (Å²) >= 11 is 6.06. The Labute approximate surface area is 118 Å². The van der Waals surface area contributed by atoms with Gasteiger partial charge < -0.3 is 14.6 Å². The van der Waals surface area contributed by atoms with E-state index < -0.39 is 5.60 Å². The number of aldehydes is 1. The summed E-state index contributed by atoms with van der Waals surface area (Å²) in [6, 6.07) is 3.05. The summed E-state index contributed by atoms with van der Waals surface area (Å²) in [5.41, 5.74) is -0.479. The molecule has 0 saturated heterocycles. The van der Waals surface area contributed by atoms with Crippen LogP contribution in [0, 0.1) is 0 Å². The summed E-state index contributed by atoms with van der Waals surface area (Å²) in [5, 5.41) is 10.5. The van der Waals surface area contributed by atoms with E-state index in [9.17, 15) is 9.90 Å². The summed E-state index contributed by atoms with van der Waals surface area (Å²) in [5.74, 6) is 0.722. The van der Waals surface area contributed by atoms with Crippen LogP contribution in [0.1, 0.15) is 37.0 Å². The van der Waals surface area contributed by atoms with E-state index >= 15 is 0 Å². The minimum absolute atomic E-state index is 0.122. The molecule has 1 aromatic carbocycles. The van der Waals surface area contributed by atoms with Gasteiger partial charge in [-0.2, -0.15) is 0 Å². The van der Waals surface area contributed by atoms with Gasteiger partial charge >= 0.3 is 0 Å². The Hall–Kier alpha value is -1.26. The highest BCUT2D eigenvalue weighted by Crippen LogP contribution is 2.36. The maximum Gasteiger partial charge on any atom is 0.179 e. The molecule has 0 aliphatic heterocycles. The maximum absolute atomic E-state index is 10.8. The number of hydrogen-bond acceptors (Lipinski definition) is 4. The van der Waals surface area contributed by atoms with E-state index in [1.54, 1.807) is 6.07 Å². The average Bonchev–Trinajstić information content (AvgIpc) is 2.44. The van der Waals surface area contributed by atoms with Gasteiger partial charge in [0, 0.05) is 5.56 Å². The minimum Gasteiger partial charge on any atom is -0.493 e. The van der Waals surface area contributed by atoms with Crippen molar-refractivity contribution in [1.29, 1.82) is 0 Å². The standard InChI is InChI=1S/C14H19ClO4/c1-4-14(17,5-2)9-19-13-11(15)6-10(8-16)7-12(13)18-3/h6-8,17H,4-5,9H2,1-3H3. The topological polar surface area (TPSA) is 55.8 Å². The van der Waals surface area contributed by atoms with Crippen LogP contribution < -0.4 is 9.47 Å². The van der Waals surface area contributed by atoms with Gasteiger partial charge in [0.1, 0.15) is 12.9 Å². The van der Waals surface area contributed by atoms with Gasteiger partial charge in [0.25, 0.3) is 0 Å². The molecule has 19 heavy (non-hydrogen) atoms. The molecule has 0 aliphatic carbocycles. The Morgan fingerprint density at radius 2 is 2.00 bits per heavy atom. The molecule has 0 radical (unpaired) electrons. The Morgan fingerprint density at radius 1 is 1.37 bits per heavy atom. The molecule has 0 aliphatic rings. The lowest BCUT2D eigenvalue weighted by atomic mass is 9.99. The average molecular weight is 287 g/mol. The van der Waals surface area contributed by atoms with Gasteiger partial charge in [-0.3, -0.25) is 4.79 Å². The van der Waals surface area contributed by atoms with Crippen LogP contribution in [0.15, 0.2) is 12.1 Å². The number of carbonyl (C=O) groups is 1. The summed E-state index contributed by atoms with van der Waals surface area (Å²) in [6.07, 6.45) is 1.85. The van der Waals surface area contributed by atoms with Crippen LogP contribution in [-0.4, -0.2) is 30.7 Å². The Morgan fingerprint density at radius 3 is 2.47 bits per heavy atom. The number of aliphatic hydroxyl groups is 1. The first-order valence-electron chi connectivity index (χ1n) is 6.17. The van der Waals surface area contributed by atoms with Crippen molar-refractivity contribution < 1.29 is 19.4 Å². The zero-order valence-corrected chi connectivity index (χ0v) is 12.2.